The summed E-state index contributed by atoms with van der Waals surface area (Å²) in [6, 6.07) is 76.2. The van der Waals surface area contributed by atoms with Crippen molar-refractivity contribution in [3.05, 3.63) is 256 Å². The van der Waals surface area contributed by atoms with Gasteiger partial charge in [-0.25, -0.2) is 0 Å². The fraction of sp³-hybridized carbons (Fsp3) is 0.0476. The maximum Gasteiger partial charge on any atom is 0.243 e. The minimum Gasteiger partial charge on any atom is -0.456 e. The first-order valence-electron chi connectivity index (χ1n) is 23.5. The van der Waals surface area contributed by atoms with E-state index < -0.39 is 0 Å². The Kier molecular flexibility index (Phi) is 7.06. The van der Waals surface area contributed by atoms with Crippen LogP contribution in [0.4, 0.5) is 0 Å². The number of fused-ring (bicyclic) bond motifs is 9. The van der Waals surface area contributed by atoms with Gasteiger partial charge in [-0.05, 0) is 97.6 Å². The summed E-state index contributed by atoms with van der Waals surface area (Å²) in [5, 5.41) is 7.00. The highest BCUT2D eigenvalue weighted by atomic mass is 16.3. The Morgan fingerprint density at radius 1 is 0.254 bits per heavy atom. The molecule has 10 aromatic carbocycles. The van der Waals surface area contributed by atoms with Crippen molar-refractivity contribution in [2.75, 3.05) is 0 Å². The van der Waals surface area contributed by atoms with Crippen molar-refractivity contribution in [2.45, 2.75) is 17.8 Å². The van der Waals surface area contributed by atoms with Crippen molar-refractivity contribution < 1.29 is 13.3 Å². The molecule has 0 bridgehead atoms. The zero-order valence-corrected chi connectivity index (χ0v) is 36.2. The maximum atomic E-state index is 6.68. The lowest BCUT2D eigenvalue weighted by Gasteiger charge is -2.47. The lowest BCUT2D eigenvalue weighted by molar-refractivity contribution is 0.668. The predicted octanol–water partition coefficient (Wildman–Crippen LogP) is 14.0. The summed E-state index contributed by atoms with van der Waals surface area (Å²) in [5.74, 6) is -0.218. The summed E-state index contributed by atoms with van der Waals surface area (Å²) in [6.45, 7) is 0.0249. The molecule has 0 spiro atoms. The lowest BCUT2D eigenvalue weighted by atomic mass is 9.25. The van der Waals surface area contributed by atoms with E-state index in [0.29, 0.717) is 0 Å². The first-order valence-corrected chi connectivity index (χ1v) is 23.5. The Morgan fingerprint density at radius 2 is 0.567 bits per heavy atom. The van der Waals surface area contributed by atoms with E-state index in [1.807, 2.05) is 0 Å². The van der Waals surface area contributed by atoms with Gasteiger partial charge in [-0.1, -0.05) is 186 Å². The van der Waals surface area contributed by atoms with Gasteiger partial charge in [0.15, 0.2) is 0 Å². The molecule has 0 aliphatic carbocycles. The largest absolute Gasteiger partial charge is 0.456 e. The second-order valence-electron chi connectivity index (χ2n) is 18.8. The normalized spacial score (nSPS) is 16.8. The van der Waals surface area contributed by atoms with Gasteiger partial charge in [0.1, 0.15) is 33.5 Å². The smallest absolute Gasteiger partial charge is 0.243 e. The molecule has 67 heavy (non-hydrogen) atoms. The summed E-state index contributed by atoms with van der Waals surface area (Å²) in [5.41, 5.74) is 24.2. The van der Waals surface area contributed by atoms with Gasteiger partial charge in [0.05, 0.1) is 0 Å². The molecular formula is C63H37BO3. The molecule has 3 aliphatic rings. The van der Waals surface area contributed by atoms with Crippen molar-refractivity contribution in [1.29, 1.82) is 0 Å². The zero-order chi connectivity index (χ0) is 43.5. The lowest BCUT2D eigenvalue weighted by Crippen LogP contribution is -2.66. The number of para-hydroxylation sites is 3. The number of hydrogen-bond acceptors (Lipinski definition) is 3. The van der Waals surface area contributed by atoms with Gasteiger partial charge < -0.3 is 13.3 Å². The fourth-order valence-electron chi connectivity index (χ4n) is 13.3. The molecule has 0 saturated heterocycles. The third-order valence-corrected chi connectivity index (χ3v) is 15.7. The van der Waals surface area contributed by atoms with E-state index in [4.69, 9.17) is 13.3 Å². The van der Waals surface area contributed by atoms with Gasteiger partial charge in [0.25, 0.3) is 0 Å². The number of furan rings is 3. The maximum absolute atomic E-state index is 6.68. The average molecular weight is 853 g/mol. The SMILES string of the molecule is c1ccc(-c2cc3c4c(c2)C(c2cccc5oc6ccccc6c25)c2cccc5c2B4c2c(cccc2C3c2cccc3oc4ccccc4c23)C5c2cccc3oc4ccccc4c23)cc1. The van der Waals surface area contributed by atoms with Crippen LogP contribution in [-0.4, -0.2) is 6.71 Å². The first kappa shape index (κ1) is 35.9. The molecular weight excluding hydrogens is 816 g/mol. The molecule has 3 aliphatic heterocycles. The summed E-state index contributed by atoms with van der Waals surface area (Å²) in [4.78, 5) is 0. The minimum atomic E-state index is -0.0856. The standard InChI is InChI=1S/C63H37BO3/c1-2-15-35(16-3-1)36-33-47-56(41-21-13-31-53-59(41)38-18-5-8-28-50(38)66-53)45-25-10-23-43-55(40-20-12-30-52-58(40)37-17-4-7-27-49(37)65-52)44-24-11-26-46-57(48(34-36)63(47)64(61(43)45)62(44)46)42-22-14-32-54-60(42)39-19-6-9-29-51(39)67-54/h1-34,55-57H. The molecule has 3 aromatic heterocycles. The van der Waals surface area contributed by atoms with Crippen LogP contribution in [0, 0.1) is 0 Å². The van der Waals surface area contributed by atoms with Crippen LogP contribution >= 0.6 is 0 Å². The number of hydrogen-bond donors (Lipinski definition) is 0. The van der Waals surface area contributed by atoms with Crippen LogP contribution in [0.5, 0.6) is 0 Å². The monoisotopic (exact) mass is 852 g/mol. The summed E-state index contributed by atoms with van der Waals surface area (Å²) >= 11 is 0. The molecule has 3 nitrogen and oxygen atoms in total. The van der Waals surface area contributed by atoms with Gasteiger partial charge >= 0.3 is 0 Å². The molecule has 16 rings (SSSR count). The summed E-state index contributed by atoms with van der Waals surface area (Å²) < 4.78 is 20.0. The van der Waals surface area contributed by atoms with E-state index in [-0.39, 0.29) is 24.5 Å². The molecule has 6 heterocycles. The van der Waals surface area contributed by atoms with Crippen LogP contribution < -0.4 is 16.4 Å². The second kappa shape index (κ2) is 13.1. The number of benzene rings is 10. The molecule has 310 valence electrons. The van der Waals surface area contributed by atoms with Crippen molar-refractivity contribution in [1.82, 2.24) is 0 Å². The third-order valence-electron chi connectivity index (χ3n) is 15.7. The Hall–Kier alpha value is -8.34. The molecule has 0 radical (unpaired) electrons. The molecule has 2 unspecified atom stereocenters. The molecule has 0 amide bonds. The summed E-state index contributed by atoms with van der Waals surface area (Å²) in [7, 11) is 0. The third kappa shape index (κ3) is 4.72. The topological polar surface area (TPSA) is 39.4 Å². The van der Waals surface area contributed by atoms with E-state index in [9.17, 15) is 0 Å². The van der Waals surface area contributed by atoms with E-state index in [1.54, 1.807) is 0 Å². The molecule has 0 fully saturated rings. The van der Waals surface area contributed by atoms with Gasteiger partial charge in [0, 0.05) is 50.1 Å². The van der Waals surface area contributed by atoms with E-state index in [1.165, 1.54) is 93.7 Å². The molecule has 2 atom stereocenters. The van der Waals surface area contributed by atoms with Gasteiger partial charge in [-0.15, -0.1) is 0 Å². The number of rotatable bonds is 4. The Labute approximate surface area is 385 Å². The van der Waals surface area contributed by atoms with Gasteiger partial charge in [-0.3, -0.25) is 0 Å². The van der Waals surface area contributed by atoms with Gasteiger partial charge in [-0.2, -0.15) is 0 Å². The van der Waals surface area contributed by atoms with Crippen LogP contribution in [0.2, 0.25) is 0 Å². The second-order valence-corrected chi connectivity index (χ2v) is 18.8. The summed E-state index contributed by atoms with van der Waals surface area (Å²) in [6.07, 6.45) is 0. The van der Waals surface area contributed by atoms with Crippen LogP contribution in [0.3, 0.4) is 0 Å². The Bertz CT molecular complexity index is 4070. The van der Waals surface area contributed by atoms with Crippen LogP contribution in [0.15, 0.2) is 220 Å². The van der Waals surface area contributed by atoms with Crippen molar-refractivity contribution in [3.63, 3.8) is 0 Å². The molecule has 0 saturated carbocycles. The van der Waals surface area contributed by atoms with Crippen LogP contribution in [0.25, 0.3) is 76.9 Å². The van der Waals surface area contributed by atoms with Crippen molar-refractivity contribution in [2.24, 2.45) is 0 Å². The predicted molar refractivity (Wildman–Crippen MR) is 273 cm³/mol. The van der Waals surface area contributed by atoms with Crippen molar-refractivity contribution in [3.8, 4) is 11.1 Å². The van der Waals surface area contributed by atoms with Gasteiger partial charge in [0.2, 0.25) is 6.71 Å². The minimum absolute atomic E-state index is 0.0249. The fourth-order valence-corrected chi connectivity index (χ4v) is 13.3. The first-order chi connectivity index (χ1) is 33.3. The molecule has 13 aromatic rings. The van der Waals surface area contributed by atoms with Crippen molar-refractivity contribution >= 4 is 88.9 Å². The Balaban J connectivity index is 1.09. The highest BCUT2D eigenvalue weighted by Gasteiger charge is 2.50. The highest BCUT2D eigenvalue weighted by molar-refractivity contribution is 6.98. The molecule has 0 N–H and O–H groups in total. The van der Waals surface area contributed by atoms with Crippen LogP contribution in [-0.2, 0) is 0 Å². The van der Waals surface area contributed by atoms with Crippen LogP contribution in [0.1, 0.15) is 67.8 Å². The Morgan fingerprint density at radius 3 is 0.985 bits per heavy atom. The van der Waals surface area contributed by atoms with E-state index in [0.717, 1.165) is 49.7 Å². The van der Waals surface area contributed by atoms with E-state index in [2.05, 4.69) is 206 Å². The van der Waals surface area contributed by atoms with E-state index >= 15 is 0 Å². The highest BCUT2D eigenvalue weighted by Crippen LogP contribution is 2.51. The zero-order valence-electron chi connectivity index (χ0n) is 36.2. The average Bonchev–Trinajstić information content (AvgIpc) is 4.09. The quantitative estimate of drug-likeness (QED) is 0.166. The molecule has 4 heteroatoms.